The molecular weight excluding hydrogens is 484 g/mol. The molecule has 2 aromatic rings. The normalized spacial score (nSPS) is 10.3. The maximum atomic E-state index is 11.7. The standard InChI is InChI=1S/2C15H23NO3/c2*1-4-5-10-18-11-12-19-15(17)13-6-8-14(9-7-13)16(2)3/h2*6-9H,4-5,10-12H2,1-3H3. The van der Waals surface area contributed by atoms with E-state index in [4.69, 9.17) is 18.9 Å². The minimum Gasteiger partial charge on any atom is -0.460 e. The van der Waals surface area contributed by atoms with E-state index < -0.39 is 0 Å². The van der Waals surface area contributed by atoms with Gasteiger partial charge in [0.05, 0.1) is 24.3 Å². The summed E-state index contributed by atoms with van der Waals surface area (Å²) < 4.78 is 20.9. The van der Waals surface area contributed by atoms with Gasteiger partial charge in [-0.25, -0.2) is 9.59 Å². The SMILES string of the molecule is CCCCOCCOC(=O)c1ccc(N(C)C)cc1.CCCCOCCOC(=O)c1ccc(N(C)C)cc1. The lowest BCUT2D eigenvalue weighted by molar-refractivity contribution is 0.0308. The van der Waals surface area contributed by atoms with Gasteiger partial charge in [0.2, 0.25) is 0 Å². The van der Waals surface area contributed by atoms with Crippen molar-refractivity contribution in [2.24, 2.45) is 0 Å². The Morgan fingerprint density at radius 2 is 0.895 bits per heavy atom. The van der Waals surface area contributed by atoms with Crippen LogP contribution in [-0.2, 0) is 18.9 Å². The van der Waals surface area contributed by atoms with Crippen LogP contribution in [0.1, 0.15) is 60.2 Å². The van der Waals surface area contributed by atoms with Gasteiger partial charge in [0.1, 0.15) is 13.2 Å². The van der Waals surface area contributed by atoms with E-state index in [1.54, 1.807) is 24.3 Å². The number of rotatable bonds is 16. The average Bonchev–Trinajstić information content (AvgIpc) is 2.92. The van der Waals surface area contributed by atoms with Gasteiger partial charge in [0.25, 0.3) is 0 Å². The maximum Gasteiger partial charge on any atom is 0.338 e. The van der Waals surface area contributed by atoms with Crippen LogP contribution in [0, 0.1) is 0 Å². The van der Waals surface area contributed by atoms with Crippen molar-refractivity contribution in [1.29, 1.82) is 0 Å². The van der Waals surface area contributed by atoms with E-state index in [1.807, 2.05) is 62.3 Å². The minimum atomic E-state index is -0.301. The third-order valence-corrected chi connectivity index (χ3v) is 5.44. The molecule has 0 aliphatic carbocycles. The van der Waals surface area contributed by atoms with Gasteiger partial charge in [-0.05, 0) is 61.4 Å². The fourth-order valence-corrected chi connectivity index (χ4v) is 3.04. The zero-order chi connectivity index (χ0) is 28.2. The summed E-state index contributed by atoms with van der Waals surface area (Å²) in [5.74, 6) is -0.603. The molecule has 0 radical (unpaired) electrons. The molecule has 0 amide bonds. The van der Waals surface area contributed by atoms with Crippen LogP contribution in [0.4, 0.5) is 11.4 Å². The van der Waals surface area contributed by atoms with Crippen molar-refractivity contribution >= 4 is 23.3 Å². The molecule has 0 spiro atoms. The van der Waals surface area contributed by atoms with Crippen LogP contribution in [0.3, 0.4) is 0 Å². The first-order chi connectivity index (χ1) is 18.3. The first kappa shape index (κ1) is 32.9. The molecule has 0 aliphatic heterocycles. The first-order valence-corrected chi connectivity index (χ1v) is 13.3. The molecule has 0 saturated carbocycles. The highest BCUT2D eigenvalue weighted by atomic mass is 16.6. The van der Waals surface area contributed by atoms with Crippen LogP contribution in [0.25, 0.3) is 0 Å². The second-order valence-electron chi connectivity index (χ2n) is 9.09. The molecule has 0 N–H and O–H groups in total. The van der Waals surface area contributed by atoms with Gasteiger partial charge < -0.3 is 28.7 Å². The van der Waals surface area contributed by atoms with E-state index in [2.05, 4.69) is 13.8 Å². The molecule has 0 saturated heterocycles. The highest BCUT2D eigenvalue weighted by Gasteiger charge is 2.08. The molecular formula is C30H46N2O6. The molecule has 212 valence electrons. The van der Waals surface area contributed by atoms with E-state index in [-0.39, 0.29) is 11.9 Å². The molecule has 2 aromatic carbocycles. The van der Waals surface area contributed by atoms with E-state index in [1.165, 1.54) is 0 Å². The zero-order valence-corrected chi connectivity index (χ0v) is 24.0. The van der Waals surface area contributed by atoms with E-state index in [0.717, 1.165) is 50.3 Å². The summed E-state index contributed by atoms with van der Waals surface area (Å²) in [6, 6.07) is 14.7. The van der Waals surface area contributed by atoms with Gasteiger partial charge in [0.15, 0.2) is 0 Å². The molecule has 0 heterocycles. The first-order valence-electron chi connectivity index (χ1n) is 13.3. The molecule has 0 aromatic heterocycles. The lowest BCUT2D eigenvalue weighted by Crippen LogP contribution is -2.12. The molecule has 0 bridgehead atoms. The Morgan fingerprint density at radius 1 is 0.553 bits per heavy atom. The van der Waals surface area contributed by atoms with E-state index >= 15 is 0 Å². The van der Waals surface area contributed by atoms with Gasteiger partial charge in [0, 0.05) is 52.8 Å². The summed E-state index contributed by atoms with van der Waals surface area (Å²) in [4.78, 5) is 27.4. The predicted octanol–water partition coefficient (Wildman–Crippen LogP) is 5.45. The van der Waals surface area contributed by atoms with Crippen LogP contribution in [0.5, 0.6) is 0 Å². The Labute approximate surface area is 228 Å². The minimum absolute atomic E-state index is 0.301. The third-order valence-electron chi connectivity index (χ3n) is 5.44. The van der Waals surface area contributed by atoms with Crippen molar-refractivity contribution in [1.82, 2.24) is 0 Å². The fourth-order valence-electron chi connectivity index (χ4n) is 3.04. The van der Waals surface area contributed by atoms with Crippen molar-refractivity contribution < 1.29 is 28.5 Å². The second kappa shape index (κ2) is 19.9. The Kier molecular flexibility index (Phi) is 17.3. The molecule has 0 fully saturated rings. The zero-order valence-electron chi connectivity index (χ0n) is 24.0. The number of unbranched alkanes of at least 4 members (excludes halogenated alkanes) is 2. The highest BCUT2D eigenvalue weighted by molar-refractivity contribution is 5.90. The number of hydrogen-bond donors (Lipinski definition) is 0. The second-order valence-corrected chi connectivity index (χ2v) is 9.09. The van der Waals surface area contributed by atoms with Gasteiger partial charge in [-0.3, -0.25) is 0 Å². The Bertz CT molecular complexity index is 822. The molecule has 0 aliphatic rings. The van der Waals surface area contributed by atoms with Crippen molar-refractivity contribution in [3.8, 4) is 0 Å². The van der Waals surface area contributed by atoms with Crippen LogP contribution in [-0.4, -0.2) is 79.8 Å². The van der Waals surface area contributed by atoms with Crippen molar-refractivity contribution in [2.45, 2.75) is 39.5 Å². The monoisotopic (exact) mass is 530 g/mol. The Balaban J connectivity index is 0.000000380. The van der Waals surface area contributed by atoms with Crippen LogP contribution in [0.2, 0.25) is 0 Å². The van der Waals surface area contributed by atoms with Gasteiger partial charge in [-0.15, -0.1) is 0 Å². The highest BCUT2D eigenvalue weighted by Crippen LogP contribution is 2.14. The van der Waals surface area contributed by atoms with Gasteiger partial charge in [-0.1, -0.05) is 26.7 Å². The number of benzene rings is 2. The number of hydrogen-bond acceptors (Lipinski definition) is 8. The summed E-state index contributed by atoms with van der Waals surface area (Å²) in [6.45, 7) is 7.21. The van der Waals surface area contributed by atoms with Crippen LogP contribution < -0.4 is 9.80 Å². The van der Waals surface area contributed by atoms with Crippen molar-refractivity contribution in [3.63, 3.8) is 0 Å². The molecule has 38 heavy (non-hydrogen) atoms. The summed E-state index contributed by atoms with van der Waals surface area (Å²) in [5.41, 5.74) is 3.25. The number of esters is 2. The summed E-state index contributed by atoms with van der Waals surface area (Å²) in [5, 5.41) is 0. The number of carbonyl (C=O) groups is 2. The van der Waals surface area contributed by atoms with Crippen LogP contribution >= 0.6 is 0 Å². The maximum absolute atomic E-state index is 11.7. The smallest absolute Gasteiger partial charge is 0.338 e. The molecule has 8 heteroatoms. The number of anilines is 2. The summed E-state index contributed by atoms with van der Waals surface area (Å²) >= 11 is 0. The van der Waals surface area contributed by atoms with Crippen molar-refractivity contribution in [2.75, 3.05) is 77.6 Å². The van der Waals surface area contributed by atoms with Crippen molar-refractivity contribution in [3.05, 3.63) is 59.7 Å². The molecule has 2 rings (SSSR count). The Hall–Kier alpha value is -3.10. The number of ether oxygens (including phenoxy) is 4. The number of carbonyl (C=O) groups excluding carboxylic acids is 2. The van der Waals surface area contributed by atoms with Crippen LogP contribution in [0.15, 0.2) is 48.5 Å². The van der Waals surface area contributed by atoms with E-state index in [0.29, 0.717) is 37.6 Å². The topological polar surface area (TPSA) is 77.5 Å². The average molecular weight is 531 g/mol. The quantitative estimate of drug-likeness (QED) is 0.209. The molecule has 0 unspecified atom stereocenters. The lowest BCUT2D eigenvalue weighted by Gasteiger charge is -2.12. The molecule has 0 atom stereocenters. The fraction of sp³-hybridized carbons (Fsp3) is 0.533. The Morgan fingerprint density at radius 3 is 1.18 bits per heavy atom. The third kappa shape index (κ3) is 14.0. The molecule has 8 nitrogen and oxygen atoms in total. The lowest BCUT2D eigenvalue weighted by atomic mass is 10.2. The summed E-state index contributed by atoms with van der Waals surface area (Å²) in [6.07, 6.45) is 4.30. The van der Waals surface area contributed by atoms with Gasteiger partial charge >= 0.3 is 11.9 Å². The van der Waals surface area contributed by atoms with Gasteiger partial charge in [-0.2, -0.15) is 0 Å². The van der Waals surface area contributed by atoms with E-state index in [9.17, 15) is 9.59 Å². The predicted molar refractivity (Wildman–Crippen MR) is 154 cm³/mol. The summed E-state index contributed by atoms with van der Waals surface area (Å²) in [7, 11) is 7.84. The number of nitrogens with zero attached hydrogens (tertiary/aromatic N) is 2. The largest absolute Gasteiger partial charge is 0.460 e.